The number of esters is 1. The van der Waals surface area contributed by atoms with Crippen LogP contribution in [0.1, 0.15) is 32.6 Å². The fourth-order valence-corrected chi connectivity index (χ4v) is 1.89. The SMILES string of the molecule is CCOC(=O)C1CCC(OCOC)CC1. The van der Waals surface area contributed by atoms with E-state index in [0.29, 0.717) is 13.4 Å². The highest BCUT2D eigenvalue weighted by atomic mass is 16.7. The lowest BCUT2D eigenvalue weighted by atomic mass is 9.87. The van der Waals surface area contributed by atoms with E-state index in [0.717, 1.165) is 25.7 Å². The summed E-state index contributed by atoms with van der Waals surface area (Å²) in [5.74, 6) is 0.0232. The van der Waals surface area contributed by atoms with Crippen LogP contribution in [0.2, 0.25) is 0 Å². The van der Waals surface area contributed by atoms with Crippen LogP contribution in [0.4, 0.5) is 0 Å². The summed E-state index contributed by atoms with van der Waals surface area (Å²) in [6.45, 7) is 2.65. The second kappa shape index (κ2) is 6.80. The number of carbonyl (C=O) groups is 1. The van der Waals surface area contributed by atoms with E-state index >= 15 is 0 Å². The smallest absolute Gasteiger partial charge is 0.308 e. The van der Waals surface area contributed by atoms with Gasteiger partial charge in [0.05, 0.1) is 18.6 Å². The maximum absolute atomic E-state index is 11.4. The third-order valence-electron chi connectivity index (χ3n) is 2.72. The van der Waals surface area contributed by atoms with E-state index in [1.807, 2.05) is 6.92 Å². The Morgan fingerprint density at radius 1 is 1.27 bits per heavy atom. The van der Waals surface area contributed by atoms with E-state index in [1.165, 1.54) is 0 Å². The Morgan fingerprint density at radius 2 is 1.93 bits per heavy atom. The van der Waals surface area contributed by atoms with Crippen molar-refractivity contribution in [3.05, 3.63) is 0 Å². The third kappa shape index (κ3) is 4.18. The maximum atomic E-state index is 11.4. The van der Waals surface area contributed by atoms with Gasteiger partial charge in [-0.2, -0.15) is 0 Å². The van der Waals surface area contributed by atoms with Gasteiger partial charge in [-0.3, -0.25) is 4.79 Å². The molecular weight excluding hydrogens is 196 g/mol. The highest BCUT2D eigenvalue weighted by molar-refractivity contribution is 5.72. The van der Waals surface area contributed by atoms with Gasteiger partial charge in [0.1, 0.15) is 6.79 Å². The molecule has 0 unspecified atom stereocenters. The molecule has 0 aromatic rings. The van der Waals surface area contributed by atoms with Crippen LogP contribution >= 0.6 is 0 Å². The van der Waals surface area contributed by atoms with Crippen molar-refractivity contribution in [2.45, 2.75) is 38.7 Å². The lowest BCUT2D eigenvalue weighted by Crippen LogP contribution is -2.27. The highest BCUT2D eigenvalue weighted by Gasteiger charge is 2.27. The minimum absolute atomic E-state index is 0.0531. The molecule has 4 heteroatoms. The summed E-state index contributed by atoms with van der Waals surface area (Å²) in [6.07, 6.45) is 3.83. The average molecular weight is 216 g/mol. The molecule has 0 aromatic carbocycles. The standard InChI is InChI=1S/C11H20O4/c1-3-14-11(12)9-4-6-10(7-5-9)15-8-13-2/h9-10H,3-8H2,1-2H3. The Hall–Kier alpha value is -0.610. The van der Waals surface area contributed by atoms with E-state index in [2.05, 4.69) is 0 Å². The van der Waals surface area contributed by atoms with Crippen LogP contribution in [-0.4, -0.2) is 32.6 Å². The Balaban J connectivity index is 2.20. The lowest BCUT2D eigenvalue weighted by Gasteiger charge is -2.26. The molecule has 0 spiro atoms. The number of carbonyl (C=O) groups excluding carboxylic acids is 1. The van der Waals surface area contributed by atoms with Gasteiger partial charge in [0.15, 0.2) is 0 Å². The van der Waals surface area contributed by atoms with Gasteiger partial charge >= 0.3 is 5.97 Å². The zero-order chi connectivity index (χ0) is 11.1. The monoisotopic (exact) mass is 216 g/mol. The molecule has 4 nitrogen and oxygen atoms in total. The summed E-state index contributed by atoms with van der Waals surface area (Å²) in [4.78, 5) is 11.4. The van der Waals surface area contributed by atoms with Crippen LogP contribution in [0.15, 0.2) is 0 Å². The first kappa shape index (κ1) is 12.5. The van der Waals surface area contributed by atoms with Gasteiger partial charge in [-0.25, -0.2) is 0 Å². The quantitative estimate of drug-likeness (QED) is 0.518. The van der Waals surface area contributed by atoms with Crippen molar-refractivity contribution in [3.63, 3.8) is 0 Å². The number of hydrogen-bond donors (Lipinski definition) is 0. The van der Waals surface area contributed by atoms with Crippen LogP contribution in [0.25, 0.3) is 0 Å². The Labute approximate surface area is 90.9 Å². The number of rotatable bonds is 5. The van der Waals surface area contributed by atoms with Crippen molar-refractivity contribution >= 4 is 5.97 Å². The fourth-order valence-electron chi connectivity index (χ4n) is 1.89. The Bertz CT molecular complexity index is 185. The van der Waals surface area contributed by atoms with Crippen molar-refractivity contribution < 1.29 is 19.0 Å². The lowest BCUT2D eigenvalue weighted by molar-refractivity contribution is -0.151. The van der Waals surface area contributed by atoms with Gasteiger partial charge < -0.3 is 14.2 Å². The van der Waals surface area contributed by atoms with Gasteiger partial charge in [-0.05, 0) is 32.6 Å². The molecule has 0 radical (unpaired) electrons. The third-order valence-corrected chi connectivity index (χ3v) is 2.72. The van der Waals surface area contributed by atoms with Crippen molar-refractivity contribution in [1.29, 1.82) is 0 Å². The topological polar surface area (TPSA) is 44.8 Å². The molecule has 88 valence electrons. The van der Waals surface area contributed by atoms with Gasteiger partial charge in [0.25, 0.3) is 0 Å². The van der Waals surface area contributed by atoms with Crippen LogP contribution in [0.3, 0.4) is 0 Å². The molecule has 1 rings (SSSR count). The second-order valence-electron chi connectivity index (χ2n) is 3.80. The summed E-state index contributed by atoms with van der Waals surface area (Å²) in [7, 11) is 1.62. The molecule has 0 bridgehead atoms. The van der Waals surface area contributed by atoms with Crippen molar-refractivity contribution in [2.24, 2.45) is 5.92 Å². The van der Waals surface area contributed by atoms with Gasteiger partial charge in [-0.1, -0.05) is 0 Å². The molecule has 1 aliphatic carbocycles. The van der Waals surface area contributed by atoms with E-state index in [1.54, 1.807) is 7.11 Å². The van der Waals surface area contributed by atoms with E-state index in [4.69, 9.17) is 14.2 Å². The van der Waals surface area contributed by atoms with Crippen molar-refractivity contribution in [1.82, 2.24) is 0 Å². The minimum Gasteiger partial charge on any atom is -0.466 e. The molecule has 1 fully saturated rings. The molecule has 1 aliphatic rings. The molecular formula is C11H20O4. The summed E-state index contributed by atoms with van der Waals surface area (Å²) in [6, 6.07) is 0. The molecule has 0 heterocycles. The molecule has 1 saturated carbocycles. The van der Waals surface area contributed by atoms with Gasteiger partial charge in [0, 0.05) is 7.11 Å². The molecule has 0 atom stereocenters. The molecule has 0 aromatic heterocycles. The zero-order valence-corrected chi connectivity index (χ0v) is 9.53. The maximum Gasteiger partial charge on any atom is 0.308 e. The highest BCUT2D eigenvalue weighted by Crippen LogP contribution is 2.27. The second-order valence-corrected chi connectivity index (χ2v) is 3.80. The predicted octanol–water partition coefficient (Wildman–Crippen LogP) is 1.73. The Kier molecular flexibility index (Phi) is 5.65. The zero-order valence-electron chi connectivity index (χ0n) is 9.53. The van der Waals surface area contributed by atoms with E-state index < -0.39 is 0 Å². The summed E-state index contributed by atoms with van der Waals surface area (Å²) < 4.78 is 15.3. The van der Waals surface area contributed by atoms with Crippen LogP contribution in [0, 0.1) is 5.92 Å². The van der Waals surface area contributed by atoms with Crippen LogP contribution in [0.5, 0.6) is 0 Å². The summed E-state index contributed by atoms with van der Waals surface area (Å²) in [5, 5.41) is 0. The predicted molar refractivity (Wildman–Crippen MR) is 55.3 cm³/mol. The molecule has 0 saturated heterocycles. The van der Waals surface area contributed by atoms with Crippen molar-refractivity contribution in [2.75, 3.05) is 20.5 Å². The average Bonchev–Trinajstić information content (AvgIpc) is 2.27. The normalized spacial score (nSPS) is 26.3. The van der Waals surface area contributed by atoms with Crippen LogP contribution in [-0.2, 0) is 19.0 Å². The summed E-state index contributed by atoms with van der Waals surface area (Å²) in [5.41, 5.74) is 0. The van der Waals surface area contributed by atoms with Crippen molar-refractivity contribution in [3.8, 4) is 0 Å². The summed E-state index contributed by atoms with van der Waals surface area (Å²) >= 11 is 0. The molecule has 0 N–H and O–H groups in total. The molecule has 15 heavy (non-hydrogen) atoms. The first-order chi connectivity index (χ1) is 7.27. The van der Waals surface area contributed by atoms with E-state index in [-0.39, 0.29) is 18.0 Å². The fraction of sp³-hybridized carbons (Fsp3) is 0.909. The van der Waals surface area contributed by atoms with Gasteiger partial charge in [-0.15, -0.1) is 0 Å². The number of hydrogen-bond acceptors (Lipinski definition) is 4. The first-order valence-electron chi connectivity index (χ1n) is 5.55. The number of methoxy groups -OCH3 is 1. The molecule has 0 aliphatic heterocycles. The van der Waals surface area contributed by atoms with Crippen LogP contribution < -0.4 is 0 Å². The largest absolute Gasteiger partial charge is 0.466 e. The molecule has 0 amide bonds. The van der Waals surface area contributed by atoms with E-state index in [9.17, 15) is 4.79 Å². The minimum atomic E-state index is -0.0531. The first-order valence-corrected chi connectivity index (χ1v) is 5.55. The van der Waals surface area contributed by atoms with Gasteiger partial charge in [0.2, 0.25) is 0 Å². The number of ether oxygens (including phenoxy) is 3. The Morgan fingerprint density at radius 3 is 2.47 bits per heavy atom.